The van der Waals surface area contributed by atoms with E-state index in [1.807, 2.05) is 29.2 Å². The summed E-state index contributed by atoms with van der Waals surface area (Å²) < 4.78 is 0. The van der Waals surface area contributed by atoms with E-state index in [-0.39, 0.29) is 23.7 Å². The van der Waals surface area contributed by atoms with Gasteiger partial charge in [0.2, 0.25) is 11.8 Å². The van der Waals surface area contributed by atoms with Crippen LogP contribution in [-0.2, 0) is 16.1 Å². The molecule has 1 saturated carbocycles. The maximum Gasteiger partial charge on any atom is 0.226 e. The van der Waals surface area contributed by atoms with E-state index >= 15 is 0 Å². The minimum absolute atomic E-state index is 0.0295. The molecule has 3 rings (SSSR count). The lowest BCUT2D eigenvalue weighted by Crippen LogP contribution is -2.35. The molecule has 2 unspecified atom stereocenters. The molecule has 5 heteroatoms. The Morgan fingerprint density at radius 3 is 2.48 bits per heavy atom. The predicted octanol–water partition coefficient (Wildman–Crippen LogP) is 2.99. The van der Waals surface area contributed by atoms with E-state index in [0.717, 1.165) is 31.5 Å². The van der Waals surface area contributed by atoms with Crippen molar-refractivity contribution in [3.05, 3.63) is 34.9 Å². The Bertz CT molecular complexity index is 582. The lowest BCUT2D eigenvalue weighted by atomic mass is 10.2. The molecule has 0 radical (unpaired) electrons. The van der Waals surface area contributed by atoms with Gasteiger partial charge in [0.15, 0.2) is 0 Å². The molecule has 2 atom stereocenters. The quantitative estimate of drug-likeness (QED) is 0.920. The summed E-state index contributed by atoms with van der Waals surface area (Å²) in [5, 5.41) is 3.56. The van der Waals surface area contributed by atoms with Crippen molar-refractivity contribution in [2.45, 2.75) is 38.6 Å². The fourth-order valence-electron chi connectivity index (χ4n) is 3.24. The summed E-state index contributed by atoms with van der Waals surface area (Å²) in [5.41, 5.74) is 0.901. The molecule has 1 aliphatic heterocycles. The first-order valence-corrected chi connectivity index (χ1v) is 8.84. The first kappa shape index (κ1) is 16.3. The highest BCUT2D eigenvalue weighted by atomic mass is 35.5. The van der Waals surface area contributed by atoms with Crippen LogP contribution in [0.4, 0.5) is 0 Å². The third kappa shape index (κ3) is 4.05. The SMILES string of the molecule is O=C(NCc1ccccc1Cl)C1CC1C(=O)N1CCCCCC1. The number of nitrogens with one attached hydrogen (secondary N) is 1. The third-order valence-electron chi connectivity index (χ3n) is 4.77. The molecule has 1 aromatic rings. The first-order chi connectivity index (χ1) is 11.2. The summed E-state index contributed by atoms with van der Waals surface area (Å²) in [6.07, 6.45) is 5.26. The Morgan fingerprint density at radius 1 is 1.09 bits per heavy atom. The molecule has 124 valence electrons. The van der Waals surface area contributed by atoms with Crippen molar-refractivity contribution in [1.29, 1.82) is 0 Å². The second-order valence-electron chi connectivity index (χ2n) is 6.50. The van der Waals surface area contributed by atoms with Gasteiger partial charge in [0.05, 0.1) is 11.8 Å². The number of hydrogen-bond donors (Lipinski definition) is 1. The number of carbonyl (C=O) groups is 2. The van der Waals surface area contributed by atoms with E-state index in [1.165, 1.54) is 12.8 Å². The van der Waals surface area contributed by atoms with Crippen LogP contribution in [0.15, 0.2) is 24.3 Å². The second-order valence-corrected chi connectivity index (χ2v) is 6.90. The van der Waals surface area contributed by atoms with Crippen molar-refractivity contribution in [1.82, 2.24) is 10.2 Å². The maximum atomic E-state index is 12.5. The van der Waals surface area contributed by atoms with Gasteiger partial charge in [0.1, 0.15) is 0 Å². The Morgan fingerprint density at radius 2 is 1.78 bits per heavy atom. The van der Waals surface area contributed by atoms with Gasteiger partial charge >= 0.3 is 0 Å². The summed E-state index contributed by atoms with van der Waals surface area (Å²) in [7, 11) is 0. The summed E-state index contributed by atoms with van der Waals surface area (Å²) in [5.74, 6) is -0.129. The molecular formula is C18H23ClN2O2. The minimum atomic E-state index is -0.159. The Balaban J connectivity index is 1.48. The van der Waals surface area contributed by atoms with Crippen molar-refractivity contribution < 1.29 is 9.59 Å². The first-order valence-electron chi connectivity index (χ1n) is 8.46. The van der Waals surface area contributed by atoms with Crippen molar-refractivity contribution in [3.8, 4) is 0 Å². The molecule has 2 aliphatic rings. The highest BCUT2D eigenvalue weighted by molar-refractivity contribution is 6.31. The van der Waals surface area contributed by atoms with Crippen LogP contribution in [0.1, 0.15) is 37.7 Å². The standard InChI is InChI=1S/C18H23ClN2O2/c19-16-8-4-3-7-13(16)12-20-17(22)14-11-15(14)18(23)21-9-5-1-2-6-10-21/h3-4,7-8,14-15H,1-2,5-6,9-12H2,(H,20,22). The van der Waals surface area contributed by atoms with Gasteiger partial charge in [0, 0.05) is 24.7 Å². The van der Waals surface area contributed by atoms with Crippen LogP contribution >= 0.6 is 11.6 Å². The Hall–Kier alpha value is -1.55. The predicted molar refractivity (Wildman–Crippen MR) is 89.9 cm³/mol. The molecule has 1 aromatic carbocycles. The number of rotatable bonds is 4. The maximum absolute atomic E-state index is 12.5. The van der Waals surface area contributed by atoms with Crippen LogP contribution in [0.5, 0.6) is 0 Å². The smallest absolute Gasteiger partial charge is 0.226 e. The molecule has 0 aromatic heterocycles. The zero-order valence-electron chi connectivity index (χ0n) is 13.3. The molecule has 4 nitrogen and oxygen atoms in total. The van der Waals surface area contributed by atoms with E-state index in [2.05, 4.69) is 5.32 Å². The van der Waals surface area contributed by atoms with Gasteiger partial charge in [-0.15, -0.1) is 0 Å². The Labute approximate surface area is 142 Å². The topological polar surface area (TPSA) is 49.4 Å². The summed E-state index contributed by atoms with van der Waals surface area (Å²) >= 11 is 6.09. The molecule has 0 spiro atoms. The van der Waals surface area contributed by atoms with E-state index in [0.29, 0.717) is 18.0 Å². The number of amides is 2. The number of carbonyl (C=O) groups excluding carboxylic acids is 2. The average Bonchev–Trinajstić information content (AvgIpc) is 3.37. The molecule has 1 aliphatic carbocycles. The molecule has 23 heavy (non-hydrogen) atoms. The zero-order valence-corrected chi connectivity index (χ0v) is 14.0. The van der Waals surface area contributed by atoms with Crippen LogP contribution in [0.3, 0.4) is 0 Å². The largest absolute Gasteiger partial charge is 0.352 e. The molecule has 2 amide bonds. The van der Waals surface area contributed by atoms with Gasteiger partial charge in [-0.25, -0.2) is 0 Å². The van der Waals surface area contributed by atoms with Gasteiger partial charge in [-0.1, -0.05) is 42.6 Å². The minimum Gasteiger partial charge on any atom is -0.352 e. The fourth-order valence-corrected chi connectivity index (χ4v) is 3.44. The van der Waals surface area contributed by atoms with E-state index < -0.39 is 0 Å². The molecule has 1 saturated heterocycles. The second kappa shape index (κ2) is 7.35. The van der Waals surface area contributed by atoms with E-state index in [1.54, 1.807) is 0 Å². The highest BCUT2D eigenvalue weighted by Crippen LogP contribution is 2.40. The van der Waals surface area contributed by atoms with Crippen molar-refractivity contribution in [2.75, 3.05) is 13.1 Å². The fraction of sp³-hybridized carbons (Fsp3) is 0.556. The summed E-state index contributed by atoms with van der Waals surface area (Å²) in [4.78, 5) is 26.7. The van der Waals surface area contributed by atoms with Crippen LogP contribution in [0.25, 0.3) is 0 Å². The van der Waals surface area contributed by atoms with Gasteiger partial charge in [-0.2, -0.15) is 0 Å². The number of likely N-dealkylation sites (tertiary alicyclic amines) is 1. The lowest BCUT2D eigenvalue weighted by molar-refractivity contribution is -0.134. The van der Waals surface area contributed by atoms with Crippen molar-refractivity contribution >= 4 is 23.4 Å². The summed E-state index contributed by atoms with van der Waals surface area (Å²) in [6.45, 7) is 2.12. The van der Waals surface area contributed by atoms with Gasteiger partial charge in [-0.3, -0.25) is 9.59 Å². The monoisotopic (exact) mass is 334 g/mol. The number of benzene rings is 1. The van der Waals surface area contributed by atoms with Gasteiger partial charge in [-0.05, 0) is 30.9 Å². The van der Waals surface area contributed by atoms with Crippen molar-refractivity contribution in [2.24, 2.45) is 11.8 Å². The van der Waals surface area contributed by atoms with Gasteiger partial charge < -0.3 is 10.2 Å². The summed E-state index contributed by atoms with van der Waals surface area (Å²) in [6, 6.07) is 7.47. The molecule has 1 heterocycles. The van der Waals surface area contributed by atoms with Crippen molar-refractivity contribution in [3.63, 3.8) is 0 Å². The molecule has 1 N–H and O–H groups in total. The number of nitrogens with zero attached hydrogens (tertiary/aromatic N) is 1. The van der Waals surface area contributed by atoms with Crippen LogP contribution < -0.4 is 5.32 Å². The normalized spacial score (nSPS) is 24.0. The van der Waals surface area contributed by atoms with Gasteiger partial charge in [0.25, 0.3) is 0 Å². The Kier molecular flexibility index (Phi) is 5.21. The lowest BCUT2D eigenvalue weighted by Gasteiger charge is -2.20. The third-order valence-corrected chi connectivity index (χ3v) is 5.14. The molecule has 0 bridgehead atoms. The highest BCUT2D eigenvalue weighted by Gasteiger charge is 2.49. The molecule has 2 fully saturated rings. The van der Waals surface area contributed by atoms with E-state index in [9.17, 15) is 9.59 Å². The average molecular weight is 335 g/mol. The van der Waals surface area contributed by atoms with Crippen LogP contribution in [0.2, 0.25) is 5.02 Å². The zero-order chi connectivity index (χ0) is 16.2. The van der Waals surface area contributed by atoms with Crippen LogP contribution in [0, 0.1) is 11.8 Å². The van der Waals surface area contributed by atoms with Crippen LogP contribution in [-0.4, -0.2) is 29.8 Å². The molecular weight excluding hydrogens is 312 g/mol. The number of hydrogen-bond acceptors (Lipinski definition) is 2. The number of halogens is 1. The van der Waals surface area contributed by atoms with E-state index in [4.69, 9.17) is 11.6 Å².